The zero-order chi connectivity index (χ0) is 19.3. The Hall–Kier alpha value is -2.60. The summed E-state index contributed by atoms with van der Waals surface area (Å²) in [5.41, 5.74) is 7.05. The predicted molar refractivity (Wildman–Crippen MR) is 131 cm³/mol. The first-order valence-corrected chi connectivity index (χ1v) is 12.1. The first-order chi connectivity index (χ1) is 13.7. The molecule has 2 heterocycles. The van der Waals surface area contributed by atoms with Crippen molar-refractivity contribution in [2.45, 2.75) is 0 Å². The number of fused-ring (bicyclic) bond motifs is 4. The summed E-state index contributed by atoms with van der Waals surface area (Å²) in [4.78, 5) is 0. The van der Waals surface area contributed by atoms with E-state index in [-0.39, 0.29) is 0 Å². The van der Waals surface area contributed by atoms with Crippen LogP contribution in [0.1, 0.15) is 33.4 Å². The van der Waals surface area contributed by atoms with Crippen LogP contribution in [0.2, 0.25) is 0 Å². The number of benzene rings is 3. The number of hydrogen-bond donors (Lipinski definition) is 0. The third-order valence-corrected chi connectivity index (χ3v) is 10.6. The van der Waals surface area contributed by atoms with Crippen LogP contribution < -0.4 is 15.9 Å². The monoisotopic (exact) mass is 394 g/mol. The third kappa shape index (κ3) is 2.30. The minimum absolute atomic E-state index is 1.12. The van der Waals surface area contributed by atoms with Gasteiger partial charge in [-0.05, 0) is 6.46 Å². The molecule has 2 aliphatic heterocycles. The summed E-state index contributed by atoms with van der Waals surface area (Å²) < 4.78 is 0. The maximum absolute atomic E-state index is 6.77. The minimum Gasteiger partial charge on any atom is -0.540 e. The molecule has 28 heavy (non-hydrogen) atoms. The maximum Gasteiger partial charge on any atom is 0.0974 e. The predicted octanol–water partition coefficient (Wildman–Crippen LogP) is 5.70. The van der Waals surface area contributed by atoms with Gasteiger partial charge < -0.3 is 12.2 Å². The van der Waals surface area contributed by atoms with Crippen molar-refractivity contribution in [2.24, 2.45) is 0 Å². The molecule has 0 aliphatic carbocycles. The van der Waals surface area contributed by atoms with Crippen molar-refractivity contribution in [3.05, 3.63) is 101 Å². The lowest BCUT2D eigenvalue weighted by molar-refractivity contribution is 1.66. The van der Waals surface area contributed by atoms with Crippen LogP contribution in [0.5, 0.6) is 0 Å². The van der Waals surface area contributed by atoms with Crippen molar-refractivity contribution < 1.29 is 0 Å². The van der Waals surface area contributed by atoms with Crippen LogP contribution in [0.4, 0.5) is 0 Å². The highest BCUT2D eigenvalue weighted by atomic mass is 32.7. The molecular formula is C26H19PS. The van der Waals surface area contributed by atoms with E-state index in [0.29, 0.717) is 0 Å². The second kappa shape index (κ2) is 6.48. The maximum atomic E-state index is 6.77. The van der Waals surface area contributed by atoms with E-state index >= 15 is 0 Å². The molecule has 0 saturated carbocycles. The molecule has 0 spiro atoms. The quantitative estimate of drug-likeness (QED) is 0.397. The van der Waals surface area contributed by atoms with Gasteiger partial charge in [-0.15, -0.1) is 0 Å². The van der Waals surface area contributed by atoms with Gasteiger partial charge in [0.1, 0.15) is 0 Å². The molecule has 2 heteroatoms. The van der Waals surface area contributed by atoms with E-state index in [0.717, 1.165) is 11.1 Å². The normalized spacial score (nSPS) is 14.9. The fourth-order valence-corrected chi connectivity index (χ4v) is 10.1. The Morgan fingerprint density at radius 3 is 1.32 bits per heavy atom. The molecule has 0 radical (unpaired) electrons. The SMILES string of the molecule is C=Cc1cccc2c1[P+]1([S-])c3c(C=C)cccc3C=Cc3cccc(c31)C=C2. The Kier molecular flexibility index (Phi) is 4.05. The summed E-state index contributed by atoms with van der Waals surface area (Å²) in [5, 5.41) is 3.75. The van der Waals surface area contributed by atoms with Crippen LogP contribution >= 0.6 is 6.46 Å². The van der Waals surface area contributed by atoms with Crippen LogP contribution in [0, 0.1) is 0 Å². The fourth-order valence-electron chi connectivity index (χ4n) is 4.39. The summed E-state index contributed by atoms with van der Waals surface area (Å²) in [5.74, 6) is 0. The second-order valence-electron chi connectivity index (χ2n) is 7.04. The van der Waals surface area contributed by atoms with E-state index in [9.17, 15) is 0 Å². The first kappa shape index (κ1) is 17.5. The lowest BCUT2D eigenvalue weighted by Crippen LogP contribution is -2.35. The topological polar surface area (TPSA) is 0 Å². The van der Waals surface area contributed by atoms with Gasteiger partial charge in [-0.1, -0.05) is 104 Å². The van der Waals surface area contributed by atoms with Crippen LogP contribution in [-0.2, 0) is 12.2 Å². The summed E-state index contributed by atoms with van der Waals surface area (Å²) in [6.45, 7) is 5.85. The second-order valence-corrected chi connectivity index (χ2v) is 11.2. The van der Waals surface area contributed by atoms with Crippen LogP contribution in [0.15, 0.2) is 67.8 Å². The zero-order valence-electron chi connectivity index (χ0n) is 15.4. The van der Waals surface area contributed by atoms with E-state index in [4.69, 9.17) is 12.2 Å². The molecule has 0 fully saturated rings. The van der Waals surface area contributed by atoms with Gasteiger partial charge >= 0.3 is 0 Å². The van der Waals surface area contributed by atoms with Crippen molar-refractivity contribution in [2.75, 3.05) is 0 Å². The molecule has 3 aromatic carbocycles. The van der Waals surface area contributed by atoms with E-state index in [1.54, 1.807) is 0 Å². The lowest BCUT2D eigenvalue weighted by atomic mass is 10.1. The fraction of sp³-hybridized carbons (Fsp3) is 0. The number of rotatable bonds is 2. The molecule has 0 aromatic heterocycles. The molecule has 2 aliphatic rings. The molecule has 134 valence electrons. The van der Waals surface area contributed by atoms with Crippen LogP contribution in [0.25, 0.3) is 36.5 Å². The minimum atomic E-state index is -2.34. The van der Waals surface area contributed by atoms with Gasteiger partial charge in [-0.3, -0.25) is 0 Å². The summed E-state index contributed by atoms with van der Waals surface area (Å²) >= 11 is 6.77. The van der Waals surface area contributed by atoms with Gasteiger partial charge in [0, 0.05) is 33.4 Å². The van der Waals surface area contributed by atoms with Gasteiger partial charge in [0.2, 0.25) is 0 Å². The Morgan fingerprint density at radius 2 is 0.929 bits per heavy atom. The van der Waals surface area contributed by atoms with Crippen molar-refractivity contribution >= 4 is 71.1 Å². The van der Waals surface area contributed by atoms with E-state index in [1.165, 1.54) is 38.2 Å². The molecular weight excluding hydrogens is 375 g/mol. The molecule has 0 saturated heterocycles. The molecule has 0 N–H and O–H groups in total. The zero-order valence-corrected chi connectivity index (χ0v) is 17.1. The molecule has 0 bridgehead atoms. The van der Waals surface area contributed by atoms with E-state index in [1.807, 2.05) is 12.2 Å². The summed E-state index contributed by atoms with van der Waals surface area (Å²) in [7, 11) is 0. The van der Waals surface area contributed by atoms with Crippen molar-refractivity contribution in [3.8, 4) is 0 Å². The molecule has 5 rings (SSSR count). The van der Waals surface area contributed by atoms with Gasteiger partial charge in [0.15, 0.2) is 0 Å². The summed E-state index contributed by atoms with van der Waals surface area (Å²) in [6, 6.07) is 19.3. The molecule has 0 nitrogen and oxygen atoms in total. The van der Waals surface area contributed by atoms with Crippen LogP contribution in [-0.4, -0.2) is 0 Å². The van der Waals surface area contributed by atoms with Crippen LogP contribution in [0.3, 0.4) is 0 Å². The van der Waals surface area contributed by atoms with Gasteiger partial charge in [-0.25, -0.2) is 0 Å². The van der Waals surface area contributed by atoms with Crippen molar-refractivity contribution in [1.29, 1.82) is 0 Å². The Bertz CT molecular complexity index is 1130. The summed E-state index contributed by atoms with van der Waals surface area (Å²) in [6.07, 6.45) is 12.7. The third-order valence-electron chi connectivity index (χ3n) is 5.56. The molecule has 0 amide bonds. The first-order valence-electron chi connectivity index (χ1n) is 9.30. The largest absolute Gasteiger partial charge is 0.540 e. The molecule has 0 atom stereocenters. The van der Waals surface area contributed by atoms with E-state index in [2.05, 4.69) is 92.1 Å². The smallest absolute Gasteiger partial charge is 0.0974 e. The average Bonchev–Trinajstić information content (AvgIpc) is 2.96. The van der Waals surface area contributed by atoms with Gasteiger partial charge in [0.25, 0.3) is 0 Å². The highest BCUT2D eigenvalue weighted by molar-refractivity contribution is 8.51. The molecule has 0 unspecified atom stereocenters. The average molecular weight is 394 g/mol. The standard InChI is InChI=1S/C26H19PS/c1-3-18-8-5-10-20-14-16-22-12-7-13-23-17-15-21-11-6-9-19(4-2)25(21)27(28,24(18)20)26(22)23/h3-17H,1-2H2. The van der Waals surface area contributed by atoms with Gasteiger partial charge in [-0.2, -0.15) is 0 Å². The Labute approximate surface area is 172 Å². The van der Waals surface area contributed by atoms with Crippen molar-refractivity contribution in [1.82, 2.24) is 0 Å². The highest BCUT2D eigenvalue weighted by Crippen LogP contribution is 2.59. The Morgan fingerprint density at radius 1 is 0.571 bits per heavy atom. The Balaban J connectivity index is 2.06. The lowest BCUT2D eigenvalue weighted by Gasteiger charge is -2.37. The highest BCUT2D eigenvalue weighted by Gasteiger charge is 2.43. The molecule has 3 aromatic rings. The van der Waals surface area contributed by atoms with Crippen molar-refractivity contribution in [3.63, 3.8) is 0 Å². The van der Waals surface area contributed by atoms with E-state index < -0.39 is 6.46 Å². The van der Waals surface area contributed by atoms with Gasteiger partial charge in [0.05, 0.1) is 15.9 Å². The number of hydrogen-bond acceptors (Lipinski definition) is 1.